The molecule has 3 aliphatic rings. The molecule has 0 radical (unpaired) electrons. The molecule has 0 bridgehead atoms. The van der Waals surface area contributed by atoms with Gasteiger partial charge in [0.25, 0.3) is 0 Å². The van der Waals surface area contributed by atoms with E-state index in [1.54, 1.807) is 0 Å². The van der Waals surface area contributed by atoms with Gasteiger partial charge in [0.15, 0.2) is 30.2 Å². The number of carbonyl (C=O) groups excluding carboxylic acids is 4. The van der Waals surface area contributed by atoms with Gasteiger partial charge in [0.05, 0.1) is 0 Å². The van der Waals surface area contributed by atoms with Crippen LogP contribution in [0.2, 0.25) is 0 Å². The predicted molar refractivity (Wildman–Crippen MR) is 97.8 cm³/mol. The SMILES string of the molecule is CC(=O)O[C@@H]1[C@@H](OC(C)=O)[C@H](OC(C)=O)[C@@H]2OC3(CCCCC3)O[C@@H]2[C@H]1OC(C)=O. The molecule has 30 heavy (non-hydrogen) atoms. The minimum absolute atomic E-state index is 0.621. The smallest absolute Gasteiger partial charge is 0.303 e. The van der Waals surface area contributed by atoms with Gasteiger partial charge < -0.3 is 28.4 Å². The molecular weight excluding hydrogens is 400 g/mol. The molecule has 1 heterocycles. The molecule has 0 amide bonds. The van der Waals surface area contributed by atoms with E-state index in [9.17, 15) is 19.2 Å². The van der Waals surface area contributed by atoms with E-state index in [-0.39, 0.29) is 0 Å². The second kappa shape index (κ2) is 8.89. The van der Waals surface area contributed by atoms with Crippen molar-refractivity contribution in [3.63, 3.8) is 0 Å². The van der Waals surface area contributed by atoms with Crippen LogP contribution in [-0.4, -0.2) is 66.3 Å². The van der Waals surface area contributed by atoms with Crippen molar-refractivity contribution >= 4 is 23.9 Å². The molecule has 3 fully saturated rings. The van der Waals surface area contributed by atoms with Gasteiger partial charge in [0.2, 0.25) is 0 Å². The van der Waals surface area contributed by atoms with Crippen LogP contribution in [-0.2, 0) is 47.6 Å². The number of carbonyl (C=O) groups is 4. The molecule has 0 N–H and O–H groups in total. The Kier molecular flexibility index (Phi) is 6.66. The summed E-state index contributed by atoms with van der Waals surface area (Å²) in [5.41, 5.74) is 0. The summed E-state index contributed by atoms with van der Waals surface area (Å²) in [5.74, 6) is -3.54. The van der Waals surface area contributed by atoms with E-state index in [0.29, 0.717) is 12.8 Å². The number of fused-ring (bicyclic) bond motifs is 1. The van der Waals surface area contributed by atoms with Gasteiger partial charge in [-0.2, -0.15) is 0 Å². The van der Waals surface area contributed by atoms with Crippen LogP contribution in [0.15, 0.2) is 0 Å². The van der Waals surface area contributed by atoms with Crippen LogP contribution >= 0.6 is 0 Å². The number of esters is 4. The molecule has 3 rings (SSSR count). The summed E-state index contributed by atoms with van der Waals surface area (Å²) in [6, 6.07) is 0. The fourth-order valence-corrected chi connectivity index (χ4v) is 4.54. The van der Waals surface area contributed by atoms with E-state index in [0.717, 1.165) is 19.3 Å². The Morgan fingerprint density at radius 2 is 0.933 bits per heavy atom. The highest BCUT2D eigenvalue weighted by Gasteiger charge is 2.65. The van der Waals surface area contributed by atoms with E-state index >= 15 is 0 Å². The maximum Gasteiger partial charge on any atom is 0.303 e. The average Bonchev–Trinajstić information content (AvgIpc) is 2.99. The third-order valence-electron chi connectivity index (χ3n) is 5.47. The third-order valence-corrected chi connectivity index (χ3v) is 5.47. The molecule has 2 saturated carbocycles. The first-order chi connectivity index (χ1) is 14.1. The maximum absolute atomic E-state index is 11.8. The van der Waals surface area contributed by atoms with Crippen LogP contribution in [0.1, 0.15) is 59.8 Å². The normalized spacial score (nSPS) is 34.5. The zero-order valence-corrected chi connectivity index (χ0v) is 17.6. The monoisotopic (exact) mass is 428 g/mol. The summed E-state index contributed by atoms with van der Waals surface area (Å²) in [7, 11) is 0. The number of ether oxygens (including phenoxy) is 6. The van der Waals surface area contributed by atoms with Crippen molar-refractivity contribution in [1.82, 2.24) is 0 Å². The molecule has 168 valence electrons. The Bertz CT molecular complexity index is 646. The van der Waals surface area contributed by atoms with Crippen LogP contribution in [0.4, 0.5) is 0 Å². The van der Waals surface area contributed by atoms with Gasteiger partial charge in [0, 0.05) is 40.5 Å². The van der Waals surface area contributed by atoms with Crippen molar-refractivity contribution in [2.75, 3.05) is 0 Å². The van der Waals surface area contributed by atoms with Gasteiger partial charge in [-0.3, -0.25) is 19.2 Å². The fourth-order valence-electron chi connectivity index (χ4n) is 4.54. The van der Waals surface area contributed by atoms with Crippen LogP contribution in [0.5, 0.6) is 0 Å². The lowest BCUT2D eigenvalue weighted by Crippen LogP contribution is -2.66. The number of hydrogen-bond donors (Lipinski definition) is 0. The van der Waals surface area contributed by atoms with Crippen molar-refractivity contribution in [3.05, 3.63) is 0 Å². The van der Waals surface area contributed by atoms with Crippen LogP contribution in [0, 0.1) is 0 Å². The lowest BCUT2D eigenvalue weighted by molar-refractivity contribution is -0.234. The molecule has 1 aliphatic heterocycles. The van der Waals surface area contributed by atoms with Crippen molar-refractivity contribution in [2.45, 2.75) is 102 Å². The molecule has 2 aliphatic carbocycles. The summed E-state index contributed by atoms with van der Waals surface area (Å²) >= 11 is 0. The largest absolute Gasteiger partial charge is 0.456 e. The Labute approximate surface area is 174 Å². The van der Waals surface area contributed by atoms with E-state index in [1.165, 1.54) is 27.7 Å². The molecule has 0 aromatic rings. The zero-order valence-electron chi connectivity index (χ0n) is 17.6. The second-order valence-electron chi connectivity index (χ2n) is 7.93. The van der Waals surface area contributed by atoms with Crippen molar-refractivity contribution in [2.24, 2.45) is 0 Å². The van der Waals surface area contributed by atoms with Gasteiger partial charge in [0.1, 0.15) is 12.2 Å². The molecular formula is C20H28O10. The lowest BCUT2D eigenvalue weighted by Gasteiger charge is -2.44. The quantitative estimate of drug-likeness (QED) is 0.476. The molecule has 0 aromatic heterocycles. The summed E-state index contributed by atoms with van der Waals surface area (Å²) in [6.45, 7) is 4.78. The summed E-state index contributed by atoms with van der Waals surface area (Å²) in [5, 5.41) is 0. The van der Waals surface area contributed by atoms with Gasteiger partial charge in [-0.05, 0) is 12.8 Å². The standard InChI is InChI=1S/C20H28O10/c1-10(21)25-14-15(26-11(2)22)17(28-13(4)24)19-18(16(14)27-12(3)23)29-20(30-19)8-6-5-7-9-20/h14-19H,5-9H2,1-4H3/t14-,15-,16+,17+,18-,19+/m1/s1. The van der Waals surface area contributed by atoms with E-state index in [2.05, 4.69) is 0 Å². The van der Waals surface area contributed by atoms with Gasteiger partial charge in [-0.25, -0.2) is 0 Å². The predicted octanol–water partition coefficient (Wildman–Crippen LogP) is 1.17. The zero-order chi connectivity index (χ0) is 22.1. The number of hydrogen-bond acceptors (Lipinski definition) is 10. The van der Waals surface area contributed by atoms with Gasteiger partial charge in [-0.15, -0.1) is 0 Å². The highest BCUT2D eigenvalue weighted by Crippen LogP contribution is 2.47. The Morgan fingerprint density at radius 1 is 0.600 bits per heavy atom. The third kappa shape index (κ3) is 4.75. The molecule has 0 unspecified atom stereocenters. The Morgan fingerprint density at radius 3 is 1.27 bits per heavy atom. The summed E-state index contributed by atoms with van der Waals surface area (Å²) in [6.07, 6.45) is -2.36. The minimum Gasteiger partial charge on any atom is -0.456 e. The van der Waals surface area contributed by atoms with Crippen LogP contribution < -0.4 is 0 Å². The first kappa shape index (κ1) is 22.5. The first-order valence-electron chi connectivity index (χ1n) is 10.2. The Balaban J connectivity index is 2.04. The molecule has 1 spiro atoms. The van der Waals surface area contributed by atoms with E-state index < -0.39 is 66.3 Å². The second-order valence-corrected chi connectivity index (χ2v) is 7.93. The van der Waals surface area contributed by atoms with Gasteiger partial charge >= 0.3 is 23.9 Å². The molecule has 0 aromatic carbocycles. The number of rotatable bonds is 4. The summed E-state index contributed by atoms with van der Waals surface area (Å²) < 4.78 is 34.2. The van der Waals surface area contributed by atoms with E-state index in [1.807, 2.05) is 0 Å². The van der Waals surface area contributed by atoms with Crippen LogP contribution in [0.25, 0.3) is 0 Å². The van der Waals surface area contributed by atoms with Crippen LogP contribution in [0.3, 0.4) is 0 Å². The molecule has 10 nitrogen and oxygen atoms in total. The highest BCUT2D eigenvalue weighted by atomic mass is 16.8. The van der Waals surface area contributed by atoms with Crippen molar-refractivity contribution < 1.29 is 47.6 Å². The topological polar surface area (TPSA) is 124 Å². The van der Waals surface area contributed by atoms with Gasteiger partial charge in [-0.1, -0.05) is 6.42 Å². The first-order valence-corrected chi connectivity index (χ1v) is 10.2. The molecule has 1 saturated heterocycles. The molecule has 10 heteroatoms. The Hall–Kier alpha value is -2.20. The maximum atomic E-state index is 11.8. The highest BCUT2D eigenvalue weighted by molar-refractivity contribution is 5.69. The minimum atomic E-state index is -1.23. The lowest BCUT2D eigenvalue weighted by atomic mass is 9.84. The van der Waals surface area contributed by atoms with Crippen molar-refractivity contribution in [1.29, 1.82) is 0 Å². The molecule has 6 atom stereocenters. The van der Waals surface area contributed by atoms with E-state index in [4.69, 9.17) is 28.4 Å². The fraction of sp³-hybridized carbons (Fsp3) is 0.800. The van der Waals surface area contributed by atoms with Crippen molar-refractivity contribution in [3.8, 4) is 0 Å². The summed E-state index contributed by atoms with van der Waals surface area (Å²) in [4.78, 5) is 47.3. The average molecular weight is 428 g/mol.